The number of alkyl halides is 3. The molecule has 0 aliphatic heterocycles. The van der Waals surface area contributed by atoms with Gasteiger partial charge < -0.3 is 14.8 Å². The van der Waals surface area contributed by atoms with Crippen molar-refractivity contribution in [2.75, 3.05) is 19.0 Å². The molecule has 1 aromatic carbocycles. The molecule has 35 heavy (non-hydrogen) atoms. The third kappa shape index (κ3) is 5.40. The van der Waals surface area contributed by atoms with E-state index < -0.39 is 34.8 Å². The van der Waals surface area contributed by atoms with Crippen molar-refractivity contribution in [1.29, 1.82) is 0 Å². The maximum Gasteiger partial charge on any atom is 0.417 e. The summed E-state index contributed by atoms with van der Waals surface area (Å²) < 4.78 is 63.5. The Kier molecular flexibility index (Phi) is 6.70. The van der Waals surface area contributed by atoms with E-state index in [4.69, 9.17) is 9.47 Å². The van der Waals surface area contributed by atoms with E-state index in [0.29, 0.717) is 35.4 Å². The second kappa shape index (κ2) is 9.57. The molecule has 2 heterocycles. The lowest BCUT2D eigenvalue weighted by Crippen LogP contribution is -2.27. The van der Waals surface area contributed by atoms with Crippen LogP contribution in [0.4, 0.5) is 23.4 Å². The van der Waals surface area contributed by atoms with Gasteiger partial charge in [-0.2, -0.15) is 13.2 Å². The Morgan fingerprint density at radius 2 is 2.00 bits per heavy atom. The highest BCUT2D eigenvalue weighted by atomic mass is 19.4. The fourth-order valence-corrected chi connectivity index (χ4v) is 3.93. The Bertz CT molecular complexity index is 1220. The lowest BCUT2D eigenvalue weighted by atomic mass is 9.93. The number of carbonyl (C=O) groups excluding carboxylic acids is 1. The highest BCUT2D eigenvalue weighted by Gasteiger charge is 2.60. The summed E-state index contributed by atoms with van der Waals surface area (Å²) in [5.41, 5.74) is -0.672. The van der Waals surface area contributed by atoms with Gasteiger partial charge >= 0.3 is 6.18 Å². The predicted molar refractivity (Wildman–Crippen MR) is 117 cm³/mol. The number of aryl methyl sites for hydroxylation is 1. The van der Waals surface area contributed by atoms with E-state index >= 15 is 0 Å². The first kappa shape index (κ1) is 24.5. The van der Waals surface area contributed by atoms with Gasteiger partial charge in [0.05, 0.1) is 30.9 Å². The number of pyridine rings is 1. The van der Waals surface area contributed by atoms with Gasteiger partial charge in [-0.25, -0.2) is 19.3 Å². The van der Waals surface area contributed by atoms with Crippen LogP contribution in [-0.4, -0.2) is 34.6 Å². The zero-order valence-corrected chi connectivity index (χ0v) is 18.9. The largest absolute Gasteiger partial charge is 0.489 e. The summed E-state index contributed by atoms with van der Waals surface area (Å²) in [5.74, 6) is -0.636. The Labute approximate surface area is 198 Å². The normalized spacial score (nSPS) is 19.3. The standard InChI is InChI=1S/C24H22F4N4O3/c1-14-29-11-20(19(31-14)12-34-2)35-13-23(15-4-3-5-17(25)8-15)9-18(23)22(33)32-21-7-6-16(10-30-21)24(26,27)28/h3-8,10-11,18H,9,12-13H2,1-2H3,(H,30,32,33)/t18-,23+/m0/s1. The number of aromatic nitrogens is 3. The molecule has 1 aliphatic carbocycles. The average molecular weight is 490 g/mol. The van der Waals surface area contributed by atoms with Crippen LogP contribution in [-0.2, 0) is 27.7 Å². The number of ether oxygens (including phenoxy) is 2. The van der Waals surface area contributed by atoms with Crippen LogP contribution in [0.5, 0.6) is 5.75 Å². The quantitative estimate of drug-likeness (QED) is 0.470. The molecule has 0 spiro atoms. The van der Waals surface area contributed by atoms with Gasteiger partial charge in [0, 0.05) is 18.7 Å². The number of methoxy groups -OCH3 is 1. The zero-order valence-electron chi connectivity index (χ0n) is 18.9. The predicted octanol–water partition coefficient (Wildman–Crippen LogP) is 4.46. The number of halogens is 4. The van der Waals surface area contributed by atoms with Gasteiger partial charge in [0.1, 0.15) is 23.2 Å². The van der Waals surface area contributed by atoms with Gasteiger partial charge in [-0.3, -0.25) is 4.79 Å². The van der Waals surface area contributed by atoms with Crippen molar-refractivity contribution in [1.82, 2.24) is 15.0 Å². The second-order valence-electron chi connectivity index (χ2n) is 8.29. The molecule has 0 saturated heterocycles. The van der Waals surface area contributed by atoms with E-state index in [0.717, 1.165) is 12.1 Å². The molecule has 11 heteroatoms. The number of amides is 1. The Hall–Kier alpha value is -3.60. The molecular weight excluding hydrogens is 468 g/mol. The van der Waals surface area contributed by atoms with E-state index in [9.17, 15) is 22.4 Å². The van der Waals surface area contributed by atoms with Crippen LogP contribution in [0.2, 0.25) is 0 Å². The summed E-state index contributed by atoms with van der Waals surface area (Å²) >= 11 is 0. The highest BCUT2D eigenvalue weighted by molar-refractivity contribution is 5.95. The van der Waals surface area contributed by atoms with Crippen molar-refractivity contribution in [2.45, 2.75) is 31.5 Å². The lowest BCUT2D eigenvalue weighted by molar-refractivity contribution is -0.137. The number of nitrogens with zero attached hydrogens (tertiary/aromatic N) is 3. The van der Waals surface area contributed by atoms with Crippen molar-refractivity contribution < 1.29 is 31.8 Å². The van der Waals surface area contributed by atoms with Gasteiger partial charge in [0.25, 0.3) is 0 Å². The number of rotatable bonds is 8. The molecule has 0 unspecified atom stereocenters. The van der Waals surface area contributed by atoms with E-state index in [1.54, 1.807) is 19.1 Å². The fourth-order valence-electron chi connectivity index (χ4n) is 3.93. The first-order chi connectivity index (χ1) is 16.6. The zero-order chi connectivity index (χ0) is 25.2. The molecule has 0 bridgehead atoms. The number of nitrogens with one attached hydrogen (secondary N) is 1. The minimum Gasteiger partial charge on any atom is -0.489 e. The molecule has 1 fully saturated rings. The topological polar surface area (TPSA) is 86.2 Å². The van der Waals surface area contributed by atoms with Crippen LogP contribution in [0.1, 0.15) is 29.1 Å². The van der Waals surface area contributed by atoms with E-state index in [1.165, 1.54) is 25.4 Å². The minimum absolute atomic E-state index is 0.0155. The van der Waals surface area contributed by atoms with Crippen LogP contribution in [0.15, 0.2) is 48.8 Å². The van der Waals surface area contributed by atoms with Crippen LogP contribution >= 0.6 is 0 Å². The summed E-state index contributed by atoms with van der Waals surface area (Å²) in [6.07, 6.45) is -2.02. The molecule has 1 aliphatic rings. The molecule has 2 aromatic heterocycles. The monoisotopic (exact) mass is 490 g/mol. The SMILES string of the molecule is COCc1nc(C)ncc1OC[C@@]1(c2cccc(F)c2)C[C@H]1C(=O)Nc1ccc(C(F)(F)F)cn1. The van der Waals surface area contributed by atoms with Gasteiger partial charge in [-0.15, -0.1) is 0 Å². The molecule has 2 atom stereocenters. The molecule has 1 saturated carbocycles. The van der Waals surface area contributed by atoms with Crippen LogP contribution in [0, 0.1) is 18.7 Å². The Morgan fingerprint density at radius 3 is 2.66 bits per heavy atom. The molecule has 1 N–H and O–H groups in total. The molecule has 1 amide bonds. The molecule has 3 aromatic rings. The summed E-state index contributed by atoms with van der Waals surface area (Å²) in [5, 5.41) is 2.55. The molecule has 184 valence electrons. The number of hydrogen-bond donors (Lipinski definition) is 1. The second-order valence-corrected chi connectivity index (χ2v) is 8.29. The van der Waals surface area contributed by atoms with Crippen molar-refractivity contribution >= 4 is 11.7 Å². The fraction of sp³-hybridized carbons (Fsp3) is 0.333. The van der Waals surface area contributed by atoms with Crippen molar-refractivity contribution in [3.63, 3.8) is 0 Å². The van der Waals surface area contributed by atoms with E-state index in [-0.39, 0.29) is 19.0 Å². The Morgan fingerprint density at radius 1 is 1.20 bits per heavy atom. The third-order valence-electron chi connectivity index (χ3n) is 5.85. The smallest absolute Gasteiger partial charge is 0.417 e. The van der Waals surface area contributed by atoms with Crippen molar-refractivity contribution in [2.24, 2.45) is 5.92 Å². The maximum atomic E-state index is 14.0. The highest BCUT2D eigenvalue weighted by Crippen LogP contribution is 2.55. The first-order valence-corrected chi connectivity index (χ1v) is 10.7. The lowest BCUT2D eigenvalue weighted by Gasteiger charge is -2.20. The maximum absolute atomic E-state index is 14.0. The number of anilines is 1. The van der Waals surface area contributed by atoms with Gasteiger partial charge in [0.2, 0.25) is 5.91 Å². The average Bonchev–Trinajstić information content (AvgIpc) is 3.55. The minimum atomic E-state index is -4.53. The Balaban J connectivity index is 1.55. The van der Waals surface area contributed by atoms with Gasteiger partial charge in [-0.1, -0.05) is 12.1 Å². The van der Waals surface area contributed by atoms with Gasteiger partial charge in [0.15, 0.2) is 5.75 Å². The molecule has 0 radical (unpaired) electrons. The summed E-state index contributed by atoms with van der Waals surface area (Å²) in [6.45, 7) is 1.95. The summed E-state index contributed by atoms with van der Waals surface area (Å²) in [6, 6.07) is 7.82. The molecule has 7 nitrogen and oxygen atoms in total. The number of benzene rings is 1. The molecule has 4 rings (SSSR count). The number of carbonyl (C=O) groups is 1. The van der Waals surface area contributed by atoms with E-state index in [2.05, 4.69) is 20.3 Å². The van der Waals surface area contributed by atoms with Crippen LogP contribution < -0.4 is 10.1 Å². The van der Waals surface area contributed by atoms with Crippen molar-refractivity contribution in [3.8, 4) is 5.75 Å². The van der Waals surface area contributed by atoms with E-state index in [1.807, 2.05) is 0 Å². The number of hydrogen-bond acceptors (Lipinski definition) is 6. The van der Waals surface area contributed by atoms with Crippen LogP contribution in [0.25, 0.3) is 0 Å². The summed E-state index contributed by atoms with van der Waals surface area (Å²) in [4.78, 5) is 25.1. The van der Waals surface area contributed by atoms with Crippen LogP contribution in [0.3, 0.4) is 0 Å². The van der Waals surface area contributed by atoms with Gasteiger partial charge in [-0.05, 0) is 43.2 Å². The third-order valence-corrected chi connectivity index (χ3v) is 5.85. The first-order valence-electron chi connectivity index (χ1n) is 10.7. The summed E-state index contributed by atoms with van der Waals surface area (Å²) in [7, 11) is 1.52. The molecular formula is C24H22F4N4O3. The van der Waals surface area contributed by atoms with Crippen molar-refractivity contribution in [3.05, 3.63) is 77.3 Å².